The zero-order chi connectivity index (χ0) is 16.4. The topological polar surface area (TPSA) is 36.3 Å². The summed E-state index contributed by atoms with van der Waals surface area (Å²) in [5, 5.41) is 11.3. The highest BCUT2D eigenvalue weighted by atomic mass is 32.1. The van der Waals surface area contributed by atoms with Crippen molar-refractivity contribution in [2.45, 2.75) is 43.9 Å². The highest BCUT2D eigenvalue weighted by Crippen LogP contribution is 2.45. The van der Waals surface area contributed by atoms with Crippen LogP contribution in [-0.2, 0) is 23.3 Å². The van der Waals surface area contributed by atoms with E-state index in [-0.39, 0.29) is 11.7 Å². The fourth-order valence-corrected chi connectivity index (χ4v) is 5.08. The van der Waals surface area contributed by atoms with E-state index in [2.05, 4.69) is 52.7 Å². The first-order valence-electron chi connectivity index (χ1n) is 8.67. The van der Waals surface area contributed by atoms with E-state index in [4.69, 9.17) is 10.00 Å². The van der Waals surface area contributed by atoms with Gasteiger partial charge in [0.25, 0.3) is 0 Å². The number of benzene rings is 1. The van der Waals surface area contributed by atoms with Gasteiger partial charge in [-0.25, -0.2) is 0 Å². The second kappa shape index (κ2) is 6.68. The Morgan fingerprint density at radius 2 is 2.00 bits per heavy atom. The summed E-state index contributed by atoms with van der Waals surface area (Å²) >= 11 is 1.82. The van der Waals surface area contributed by atoms with Crippen LogP contribution >= 0.6 is 11.3 Å². The molecule has 1 aromatic heterocycles. The Kier molecular flexibility index (Phi) is 4.41. The standard InChI is InChI=1S/C20H22N2OS/c21-10-6-17-14-19-18(7-13-24-19)20(23-17)8-11-22(12-9-20)15-16-4-2-1-3-5-16/h1-5,7,13,17H,6,8-9,11-12,14-15H2. The smallest absolute Gasteiger partial charge is 0.0970 e. The number of rotatable bonds is 3. The van der Waals surface area contributed by atoms with Gasteiger partial charge >= 0.3 is 0 Å². The van der Waals surface area contributed by atoms with E-state index in [1.165, 1.54) is 16.0 Å². The lowest BCUT2D eigenvalue weighted by atomic mass is 9.81. The van der Waals surface area contributed by atoms with E-state index in [0.717, 1.165) is 38.9 Å². The quantitative estimate of drug-likeness (QED) is 0.845. The molecule has 0 radical (unpaired) electrons. The highest BCUT2D eigenvalue weighted by molar-refractivity contribution is 7.10. The number of piperidine rings is 1. The number of likely N-dealkylation sites (tertiary alicyclic amines) is 1. The maximum Gasteiger partial charge on any atom is 0.0970 e. The van der Waals surface area contributed by atoms with Crippen LogP contribution in [0.25, 0.3) is 0 Å². The number of fused-ring (bicyclic) bond motifs is 2. The molecule has 2 aromatic rings. The van der Waals surface area contributed by atoms with E-state index < -0.39 is 0 Å². The van der Waals surface area contributed by atoms with Crippen molar-refractivity contribution in [3.8, 4) is 6.07 Å². The second-order valence-electron chi connectivity index (χ2n) is 6.82. The Bertz CT molecular complexity index is 726. The molecule has 2 aliphatic heterocycles. The van der Waals surface area contributed by atoms with Gasteiger partial charge in [-0.05, 0) is 35.4 Å². The predicted molar refractivity (Wildman–Crippen MR) is 95.8 cm³/mol. The maximum absolute atomic E-state index is 9.08. The van der Waals surface area contributed by atoms with E-state index in [1.54, 1.807) is 0 Å². The monoisotopic (exact) mass is 338 g/mol. The van der Waals surface area contributed by atoms with Crippen molar-refractivity contribution in [3.63, 3.8) is 0 Å². The molecule has 3 nitrogen and oxygen atoms in total. The van der Waals surface area contributed by atoms with Crippen molar-refractivity contribution in [1.29, 1.82) is 5.26 Å². The highest BCUT2D eigenvalue weighted by Gasteiger charge is 2.44. The fourth-order valence-electron chi connectivity index (χ4n) is 4.05. The van der Waals surface area contributed by atoms with Crippen molar-refractivity contribution < 1.29 is 4.74 Å². The van der Waals surface area contributed by atoms with Gasteiger partial charge in [0.1, 0.15) is 0 Å². The lowest BCUT2D eigenvalue weighted by Gasteiger charge is -2.46. The van der Waals surface area contributed by atoms with Gasteiger partial charge in [-0.15, -0.1) is 11.3 Å². The minimum Gasteiger partial charge on any atom is -0.365 e. The van der Waals surface area contributed by atoms with Crippen LogP contribution < -0.4 is 0 Å². The van der Waals surface area contributed by atoms with E-state index >= 15 is 0 Å². The molecule has 0 saturated carbocycles. The lowest BCUT2D eigenvalue weighted by molar-refractivity contribution is -0.137. The number of ether oxygens (including phenoxy) is 1. The Morgan fingerprint density at radius 3 is 2.75 bits per heavy atom. The Hall–Kier alpha value is -1.67. The molecule has 1 saturated heterocycles. The summed E-state index contributed by atoms with van der Waals surface area (Å²) in [7, 11) is 0. The molecule has 4 rings (SSSR count). The summed E-state index contributed by atoms with van der Waals surface area (Å²) in [5.74, 6) is 0. The molecule has 0 aliphatic carbocycles. The molecule has 1 unspecified atom stereocenters. The third kappa shape index (κ3) is 3.00. The SMILES string of the molecule is N#CCC1Cc2sccc2C2(CCN(Cc3ccccc3)CC2)O1. The predicted octanol–water partition coefficient (Wildman–Crippen LogP) is 4.09. The molecular weight excluding hydrogens is 316 g/mol. The molecule has 1 atom stereocenters. The van der Waals surface area contributed by atoms with Crippen LogP contribution in [0.3, 0.4) is 0 Å². The molecule has 0 N–H and O–H groups in total. The molecule has 24 heavy (non-hydrogen) atoms. The maximum atomic E-state index is 9.08. The van der Waals surface area contributed by atoms with Gasteiger partial charge in [0, 0.05) is 30.9 Å². The average Bonchev–Trinajstić information content (AvgIpc) is 3.08. The van der Waals surface area contributed by atoms with Gasteiger partial charge in [0.05, 0.1) is 24.2 Å². The largest absolute Gasteiger partial charge is 0.365 e. The van der Waals surface area contributed by atoms with Crippen LogP contribution in [0.15, 0.2) is 41.8 Å². The summed E-state index contributed by atoms with van der Waals surface area (Å²) in [6.45, 7) is 3.10. The number of nitriles is 1. The Labute approximate surface area is 147 Å². The fraction of sp³-hybridized carbons (Fsp3) is 0.450. The third-order valence-corrected chi connectivity index (χ3v) is 6.22. The van der Waals surface area contributed by atoms with Crippen molar-refractivity contribution in [2.75, 3.05) is 13.1 Å². The number of hydrogen-bond acceptors (Lipinski definition) is 4. The lowest BCUT2D eigenvalue weighted by Crippen LogP contribution is -2.48. The van der Waals surface area contributed by atoms with E-state index in [1.807, 2.05) is 11.3 Å². The van der Waals surface area contributed by atoms with Crippen LogP contribution in [0.2, 0.25) is 0 Å². The van der Waals surface area contributed by atoms with Crippen LogP contribution in [0, 0.1) is 11.3 Å². The van der Waals surface area contributed by atoms with Gasteiger partial charge in [0.15, 0.2) is 0 Å². The van der Waals surface area contributed by atoms with Gasteiger partial charge in [-0.1, -0.05) is 30.3 Å². The van der Waals surface area contributed by atoms with Gasteiger partial charge < -0.3 is 4.74 Å². The van der Waals surface area contributed by atoms with Crippen molar-refractivity contribution in [1.82, 2.24) is 4.90 Å². The first-order chi connectivity index (χ1) is 11.8. The Balaban J connectivity index is 1.48. The summed E-state index contributed by atoms with van der Waals surface area (Å²) < 4.78 is 6.50. The first kappa shape index (κ1) is 15.8. The minimum atomic E-state index is -0.164. The second-order valence-corrected chi connectivity index (χ2v) is 7.82. The van der Waals surface area contributed by atoms with Gasteiger partial charge in [0.2, 0.25) is 0 Å². The summed E-state index contributed by atoms with van der Waals surface area (Å²) in [5.41, 5.74) is 2.60. The number of hydrogen-bond donors (Lipinski definition) is 0. The van der Waals surface area contributed by atoms with Crippen molar-refractivity contribution in [3.05, 3.63) is 57.8 Å². The molecule has 1 aromatic carbocycles. The van der Waals surface area contributed by atoms with Crippen molar-refractivity contribution in [2.24, 2.45) is 0 Å². The number of thiophene rings is 1. The first-order valence-corrected chi connectivity index (χ1v) is 9.55. The summed E-state index contributed by atoms with van der Waals surface area (Å²) in [6, 6.07) is 15.2. The van der Waals surface area contributed by atoms with Crippen LogP contribution in [0.1, 0.15) is 35.3 Å². The van der Waals surface area contributed by atoms with E-state index in [9.17, 15) is 0 Å². The molecule has 2 aliphatic rings. The molecule has 1 fully saturated rings. The Morgan fingerprint density at radius 1 is 1.21 bits per heavy atom. The van der Waals surface area contributed by atoms with Crippen LogP contribution in [0.4, 0.5) is 0 Å². The van der Waals surface area contributed by atoms with Crippen LogP contribution in [-0.4, -0.2) is 24.1 Å². The van der Waals surface area contributed by atoms with E-state index in [0.29, 0.717) is 6.42 Å². The zero-order valence-corrected chi connectivity index (χ0v) is 14.6. The molecule has 3 heterocycles. The van der Waals surface area contributed by atoms with Crippen molar-refractivity contribution >= 4 is 11.3 Å². The van der Waals surface area contributed by atoms with Gasteiger partial charge in [-0.2, -0.15) is 5.26 Å². The molecule has 0 bridgehead atoms. The molecule has 1 spiro atoms. The molecule has 124 valence electrons. The molecule has 4 heteroatoms. The zero-order valence-electron chi connectivity index (χ0n) is 13.8. The minimum absolute atomic E-state index is 0.0572. The number of nitrogens with zero attached hydrogens (tertiary/aromatic N) is 2. The average molecular weight is 338 g/mol. The molecular formula is C20H22N2OS. The third-order valence-electron chi connectivity index (χ3n) is 5.27. The van der Waals surface area contributed by atoms with Gasteiger partial charge in [-0.3, -0.25) is 4.90 Å². The molecule has 0 amide bonds. The summed E-state index contributed by atoms with van der Waals surface area (Å²) in [6.07, 6.45) is 3.49. The normalized spacial score (nSPS) is 22.9. The summed E-state index contributed by atoms with van der Waals surface area (Å²) in [4.78, 5) is 3.95. The van der Waals surface area contributed by atoms with Crippen LogP contribution in [0.5, 0.6) is 0 Å².